The minimum atomic E-state index is -0.227. The Morgan fingerprint density at radius 3 is 2.67 bits per heavy atom. The first-order valence-electron chi connectivity index (χ1n) is 8.20. The Bertz CT molecular complexity index is 827. The summed E-state index contributed by atoms with van der Waals surface area (Å²) >= 11 is 1.43. The highest BCUT2D eigenvalue weighted by atomic mass is 32.2. The van der Waals surface area contributed by atoms with Crippen molar-refractivity contribution < 1.29 is 4.79 Å². The molecule has 2 saturated carbocycles. The Kier molecular flexibility index (Phi) is 3.42. The summed E-state index contributed by atoms with van der Waals surface area (Å²) in [4.78, 5) is 12.9. The molecule has 2 aromatic rings. The number of carbonyl (C=O) groups excluding carboxylic acids is 1. The van der Waals surface area contributed by atoms with Crippen molar-refractivity contribution in [3.05, 3.63) is 41.3 Å². The van der Waals surface area contributed by atoms with E-state index in [1.165, 1.54) is 11.8 Å². The highest BCUT2D eigenvalue weighted by Gasteiger charge is 2.63. The molecule has 0 unspecified atom stereocenters. The number of thioether (sulfide) groups is 1. The molecule has 1 heterocycles. The summed E-state index contributed by atoms with van der Waals surface area (Å²) in [5, 5.41) is 14.6. The van der Waals surface area contributed by atoms with Crippen LogP contribution in [0.15, 0.2) is 46.5 Å². The number of Topliss-reactive ketones (excluding diaryl/α,β-unsaturated/α-hetero) is 1. The van der Waals surface area contributed by atoms with E-state index in [0.29, 0.717) is 16.9 Å². The van der Waals surface area contributed by atoms with Crippen LogP contribution in [0.5, 0.6) is 0 Å². The van der Waals surface area contributed by atoms with Crippen LogP contribution in [-0.2, 0) is 4.79 Å². The molecule has 0 radical (unpaired) electrons. The van der Waals surface area contributed by atoms with Gasteiger partial charge in [0.1, 0.15) is 0 Å². The van der Waals surface area contributed by atoms with E-state index in [2.05, 4.69) is 36.3 Å². The molecule has 2 aliphatic carbocycles. The van der Waals surface area contributed by atoms with E-state index < -0.39 is 0 Å². The Morgan fingerprint density at radius 2 is 2.00 bits per heavy atom. The first kappa shape index (κ1) is 15.6. The van der Waals surface area contributed by atoms with Crippen molar-refractivity contribution in [1.82, 2.24) is 20.2 Å². The molecule has 5 nitrogen and oxygen atoms in total. The summed E-state index contributed by atoms with van der Waals surface area (Å²) in [6.45, 7) is 6.57. The van der Waals surface area contributed by atoms with Crippen LogP contribution in [-0.4, -0.2) is 26.0 Å². The molecule has 4 rings (SSSR count). The predicted molar refractivity (Wildman–Crippen MR) is 92.7 cm³/mol. The maximum Gasteiger partial charge on any atom is 0.218 e. The number of benzene rings is 1. The summed E-state index contributed by atoms with van der Waals surface area (Å²) in [5.41, 5.74) is 1.66. The molecular weight excluding hydrogens is 320 g/mol. The van der Waals surface area contributed by atoms with Gasteiger partial charge in [-0.15, -0.1) is 5.10 Å². The maximum atomic E-state index is 12.9. The molecule has 0 spiro atoms. The van der Waals surface area contributed by atoms with Crippen LogP contribution in [0.25, 0.3) is 5.69 Å². The normalized spacial score (nSPS) is 29.5. The number of nitrogens with zero attached hydrogens (tertiary/aromatic N) is 4. The summed E-state index contributed by atoms with van der Waals surface area (Å²) < 4.78 is 1.70. The highest BCUT2D eigenvalue weighted by Crippen LogP contribution is 2.65. The van der Waals surface area contributed by atoms with Crippen molar-refractivity contribution in [3.63, 3.8) is 0 Å². The largest absolute Gasteiger partial charge is 0.294 e. The topological polar surface area (TPSA) is 60.7 Å². The summed E-state index contributed by atoms with van der Waals surface area (Å²) in [5.74, 6) is 0.638. The summed E-state index contributed by atoms with van der Waals surface area (Å²) in [7, 11) is 0. The monoisotopic (exact) mass is 340 g/mol. The third-order valence-corrected chi connectivity index (χ3v) is 6.94. The number of ketones is 1. The third-order valence-electron chi connectivity index (χ3n) is 6.10. The molecule has 0 N–H and O–H groups in total. The molecule has 24 heavy (non-hydrogen) atoms. The van der Waals surface area contributed by atoms with E-state index in [1.807, 2.05) is 35.7 Å². The van der Waals surface area contributed by atoms with Crippen LogP contribution in [0.4, 0.5) is 0 Å². The molecular formula is C18H20N4OS. The van der Waals surface area contributed by atoms with Gasteiger partial charge in [-0.3, -0.25) is 4.79 Å². The lowest BCUT2D eigenvalue weighted by Gasteiger charge is -2.31. The first-order valence-corrected chi connectivity index (χ1v) is 9.08. The van der Waals surface area contributed by atoms with Crippen LogP contribution in [0, 0.1) is 16.7 Å². The Labute approximate surface area is 145 Å². The second kappa shape index (κ2) is 5.28. The van der Waals surface area contributed by atoms with Gasteiger partial charge in [0.25, 0.3) is 0 Å². The smallest absolute Gasteiger partial charge is 0.218 e. The van der Waals surface area contributed by atoms with Crippen molar-refractivity contribution in [1.29, 1.82) is 0 Å². The van der Waals surface area contributed by atoms with Crippen molar-refractivity contribution in [2.24, 2.45) is 16.7 Å². The van der Waals surface area contributed by atoms with Gasteiger partial charge in [0, 0.05) is 11.0 Å². The van der Waals surface area contributed by atoms with E-state index in [0.717, 1.165) is 24.1 Å². The molecule has 1 aromatic carbocycles. The molecule has 0 saturated heterocycles. The van der Waals surface area contributed by atoms with Crippen LogP contribution in [0.3, 0.4) is 0 Å². The fraction of sp³-hybridized carbons (Fsp3) is 0.444. The maximum absolute atomic E-state index is 12.9. The Balaban J connectivity index is 1.64. The van der Waals surface area contributed by atoms with Crippen LogP contribution in [0.1, 0.15) is 33.6 Å². The van der Waals surface area contributed by atoms with Crippen LogP contribution in [0.2, 0.25) is 0 Å². The first-order chi connectivity index (χ1) is 11.4. The van der Waals surface area contributed by atoms with Gasteiger partial charge in [-0.1, -0.05) is 50.7 Å². The fourth-order valence-electron chi connectivity index (χ4n) is 4.16. The molecule has 0 aliphatic heterocycles. The molecule has 2 bridgehead atoms. The van der Waals surface area contributed by atoms with Crippen LogP contribution >= 0.6 is 11.8 Å². The van der Waals surface area contributed by atoms with E-state index in [-0.39, 0.29) is 10.8 Å². The van der Waals surface area contributed by atoms with Gasteiger partial charge in [-0.05, 0) is 52.1 Å². The lowest BCUT2D eigenvalue weighted by atomic mass is 9.70. The number of hydrogen-bond donors (Lipinski definition) is 0. The van der Waals surface area contributed by atoms with Gasteiger partial charge in [0.15, 0.2) is 5.78 Å². The number of allylic oxidation sites excluding steroid dienone is 1. The third kappa shape index (κ3) is 2.02. The van der Waals surface area contributed by atoms with E-state index in [9.17, 15) is 4.79 Å². The SMILES string of the molecule is CC1(C)[C@@H]2CC[C@@]1(C)C(=O)/C2=C\Sc1nnnn1-c1ccccc1. The predicted octanol–water partition coefficient (Wildman–Crippen LogP) is 3.66. The van der Waals surface area contributed by atoms with Crippen molar-refractivity contribution >= 4 is 17.5 Å². The quantitative estimate of drug-likeness (QED) is 0.630. The number of hydrogen-bond acceptors (Lipinski definition) is 5. The average molecular weight is 340 g/mol. The molecule has 2 atom stereocenters. The number of tetrazole rings is 1. The minimum Gasteiger partial charge on any atom is -0.294 e. The molecule has 1 aromatic heterocycles. The van der Waals surface area contributed by atoms with E-state index in [4.69, 9.17) is 0 Å². The zero-order valence-corrected chi connectivity index (χ0v) is 14.9. The summed E-state index contributed by atoms with van der Waals surface area (Å²) in [6, 6.07) is 9.78. The zero-order chi connectivity index (χ0) is 16.9. The van der Waals surface area contributed by atoms with Gasteiger partial charge >= 0.3 is 0 Å². The molecule has 2 fully saturated rings. The van der Waals surface area contributed by atoms with Crippen molar-refractivity contribution in [2.75, 3.05) is 0 Å². The number of rotatable bonds is 3. The van der Waals surface area contributed by atoms with Crippen LogP contribution < -0.4 is 0 Å². The fourth-order valence-corrected chi connectivity index (χ4v) is 4.99. The number of carbonyl (C=O) groups is 1. The zero-order valence-electron chi connectivity index (χ0n) is 14.1. The number of aromatic nitrogens is 4. The second-order valence-electron chi connectivity index (χ2n) is 7.37. The average Bonchev–Trinajstić information content (AvgIpc) is 3.17. The lowest BCUT2D eigenvalue weighted by Crippen LogP contribution is -2.32. The Hall–Kier alpha value is -1.95. The Morgan fingerprint density at radius 1 is 1.25 bits per heavy atom. The van der Waals surface area contributed by atoms with Crippen molar-refractivity contribution in [3.8, 4) is 5.69 Å². The lowest BCUT2D eigenvalue weighted by molar-refractivity contribution is -0.125. The van der Waals surface area contributed by atoms with Crippen molar-refractivity contribution in [2.45, 2.75) is 38.8 Å². The highest BCUT2D eigenvalue weighted by molar-refractivity contribution is 8.02. The standard InChI is InChI=1S/C18H20N4OS/c1-17(2)14-9-10-18(17,3)15(23)13(14)11-24-16-19-20-21-22(16)12-7-5-4-6-8-12/h4-8,11,14H,9-10H2,1-3H3/b13-11-/t14-,18+/m1/s1. The number of fused-ring (bicyclic) bond motifs is 2. The van der Waals surface area contributed by atoms with Gasteiger partial charge in [0.2, 0.25) is 5.16 Å². The van der Waals surface area contributed by atoms with Gasteiger partial charge in [0.05, 0.1) is 5.69 Å². The van der Waals surface area contributed by atoms with E-state index in [1.54, 1.807) is 4.68 Å². The number of para-hydroxylation sites is 1. The molecule has 6 heteroatoms. The van der Waals surface area contributed by atoms with E-state index >= 15 is 0 Å². The second-order valence-corrected chi connectivity index (χ2v) is 8.21. The summed E-state index contributed by atoms with van der Waals surface area (Å²) in [6.07, 6.45) is 2.08. The molecule has 124 valence electrons. The van der Waals surface area contributed by atoms with Gasteiger partial charge in [-0.25, -0.2) is 0 Å². The van der Waals surface area contributed by atoms with Gasteiger partial charge < -0.3 is 0 Å². The van der Waals surface area contributed by atoms with Gasteiger partial charge in [-0.2, -0.15) is 4.68 Å². The molecule has 2 aliphatic rings. The minimum absolute atomic E-state index is 0.0296. The molecule has 0 amide bonds.